The fourth-order valence-electron chi connectivity index (χ4n) is 2.18. The lowest BCUT2D eigenvalue weighted by Crippen LogP contribution is -2.43. The van der Waals surface area contributed by atoms with Crippen LogP contribution in [0.4, 0.5) is 5.69 Å². The molecule has 0 radical (unpaired) electrons. The van der Waals surface area contributed by atoms with Gasteiger partial charge in [0.2, 0.25) is 5.91 Å². The summed E-state index contributed by atoms with van der Waals surface area (Å²) in [5, 5.41) is 3.18. The van der Waals surface area contributed by atoms with Crippen LogP contribution in [0.25, 0.3) is 0 Å². The Balaban J connectivity index is 1.79. The third-order valence-electron chi connectivity index (χ3n) is 3.30. The molecule has 1 N–H and O–H groups in total. The van der Waals surface area contributed by atoms with Crippen molar-refractivity contribution < 1.29 is 9.53 Å². The van der Waals surface area contributed by atoms with Gasteiger partial charge in [-0.3, -0.25) is 4.79 Å². The second kappa shape index (κ2) is 7.14. The first kappa shape index (κ1) is 13.9. The average molecular weight is 262 g/mol. The van der Waals surface area contributed by atoms with Crippen molar-refractivity contribution >= 4 is 11.6 Å². The third kappa shape index (κ3) is 4.24. The summed E-state index contributed by atoms with van der Waals surface area (Å²) in [5.74, 6) is 0.140. The number of carbonyl (C=O) groups excluding carboxylic acids is 1. The lowest BCUT2D eigenvalue weighted by Gasteiger charge is -2.27. The van der Waals surface area contributed by atoms with Crippen molar-refractivity contribution in [2.45, 2.75) is 19.8 Å². The molecule has 1 saturated heterocycles. The molecule has 1 aliphatic heterocycles. The van der Waals surface area contributed by atoms with Crippen LogP contribution in [-0.4, -0.2) is 43.7 Å². The van der Waals surface area contributed by atoms with E-state index in [1.54, 1.807) is 0 Å². The first-order valence-electron chi connectivity index (χ1n) is 6.98. The van der Waals surface area contributed by atoms with Crippen molar-refractivity contribution in [2.24, 2.45) is 0 Å². The smallest absolute Gasteiger partial charge is 0.242 e. The molecular weight excluding hydrogens is 240 g/mol. The van der Waals surface area contributed by atoms with E-state index in [9.17, 15) is 4.79 Å². The van der Waals surface area contributed by atoms with Crippen LogP contribution in [0.15, 0.2) is 24.3 Å². The first-order valence-corrected chi connectivity index (χ1v) is 6.98. The van der Waals surface area contributed by atoms with Crippen LogP contribution in [0, 0.1) is 0 Å². The van der Waals surface area contributed by atoms with Gasteiger partial charge in [0.25, 0.3) is 0 Å². The normalized spacial score (nSPS) is 15.3. The number of aryl methyl sites for hydroxylation is 1. The number of rotatable bonds is 5. The highest BCUT2D eigenvalue weighted by molar-refractivity contribution is 5.80. The van der Waals surface area contributed by atoms with Crippen LogP contribution in [-0.2, 0) is 16.0 Å². The molecule has 1 aromatic carbocycles. The molecule has 0 aliphatic carbocycles. The number of hydrogen-bond acceptors (Lipinski definition) is 3. The summed E-state index contributed by atoms with van der Waals surface area (Å²) in [6.45, 7) is 5.24. The minimum absolute atomic E-state index is 0.140. The molecule has 0 spiro atoms. The molecule has 0 atom stereocenters. The molecule has 1 aliphatic rings. The molecule has 19 heavy (non-hydrogen) atoms. The van der Waals surface area contributed by atoms with Gasteiger partial charge >= 0.3 is 0 Å². The zero-order valence-electron chi connectivity index (χ0n) is 11.5. The summed E-state index contributed by atoms with van der Waals surface area (Å²) >= 11 is 0. The molecule has 0 unspecified atom stereocenters. The summed E-state index contributed by atoms with van der Waals surface area (Å²) in [5.41, 5.74) is 2.34. The van der Waals surface area contributed by atoms with E-state index >= 15 is 0 Å². The number of ether oxygens (including phenoxy) is 1. The highest BCUT2D eigenvalue weighted by Gasteiger charge is 2.15. The van der Waals surface area contributed by atoms with Gasteiger partial charge in [-0.1, -0.05) is 25.5 Å². The fourth-order valence-corrected chi connectivity index (χ4v) is 2.18. The third-order valence-corrected chi connectivity index (χ3v) is 3.30. The summed E-state index contributed by atoms with van der Waals surface area (Å²) in [4.78, 5) is 13.8. The van der Waals surface area contributed by atoms with E-state index in [4.69, 9.17) is 4.74 Å². The maximum absolute atomic E-state index is 11.9. The zero-order chi connectivity index (χ0) is 13.5. The molecule has 1 heterocycles. The number of morpholine rings is 1. The van der Waals surface area contributed by atoms with E-state index in [1.165, 1.54) is 5.56 Å². The number of anilines is 1. The Bertz CT molecular complexity index is 397. The molecule has 1 fully saturated rings. The van der Waals surface area contributed by atoms with E-state index in [-0.39, 0.29) is 5.91 Å². The Kier molecular flexibility index (Phi) is 5.21. The number of nitrogens with zero attached hydrogens (tertiary/aromatic N) is 1. The molecule has 2 rings (SSSR count). The topological polar surface area (TPSA) is 41.6 Å². The molecule has 0 aromatic heterocycles. The van der Waals surface area contributed by atoms with Crippen molar-refractivity contribution in [3.05, 3.63) is 29.8 Å². The minimum Gasteiger partial charge on any atom is -0.378 e. The maximum Gasteiger partial charge on any atom is 0.242 e. The molecule has 4 nitrogen and oxygen atoms in total. The van der Waals surface area contributed by atoms with Crippen molar-refractivity contribution in [3.63, 3.8) is 0 Å². The Morgan fingerprint density at radius 1 is 1.26 bits per heavy atom. The zero-order valence-corrected chi connectivity index (χ0v) is 11.5. The fraction of sp³-hybridized carbons (Fsp3) is 0.533. The minimum atomic E-state index is 0.140. The van der Waals surface area contributed by atoms with Crippen LogP contribution >= 0.6 is 0 Å². The van der Waals surface area contributed by atoms with Gasteiger partial charge in [-0.15, -0.1) is 0 Å². The monoisotopic (exact) mass is 262 g/mol. The quantitative estimate of drug-likeness (QED) is 0.881. The van der Waals surface area contributed by atoms with Crippen LogP contribution in [0.5, 0.6) is 0 Å². The second-order valence-electron chi connectivity index (χ2n) is 4.79. The highest BCUT2D eigenvalue weighted by atomic mass is 16.5. The van der Waals surface area contributed by atoms with Crippen LogP contribution < -0.4 is 5.32 Å². The van der Waals surface area contributed by atoms with Crippen molar-refractivity contribution in [1.29, 1.82) is 0 Å². The highest BCUT2D eigenvalue weighted by Crippen LogP contribution is 2.11. The van der Waals surface area contributed by atoms with Crippen LogP contribution in [0.2, 0.25) is 0 Å². The summed E-state index contributed by atoms with van der Waals surface area (Å²) in [7, 11) is 0. The van der Waals surface area contributed by atoms with Crippen LogP contribution in [0.3, 0.4) is 0 Å². The van der Waals surface area contributed by atoms with E-state index in [0.29, 0.717) is 32.8 Å². The first-order chi connectivity index (χ1) is 9.29. The summed E-state index contributed by atoms with van der Waals surface area (Å²) < 4.78 is 5.23. The Morgan fingerprint density at radius 3 is 2.58 bits per heavy atom. The number of benzene rings is 1. The van der Waals surface area contributed by atoms with Gasteiger partial charge in [0.1, 0.15) is 0 Å². The van der Waals surface area contributed by atoms with E-state index in [0.717, 1.165) is 18.5 Å². The Morgan fingerprint density at radius 2 is 1.95 bits per heavy atom. The average Bonchev–Trinajstić information content (AvgIpc) is 2.47. The largest absolute Gasteiger partial charge is 0.378 e. The molecule has 104 valence electrons. The van der Waals surface area contributed by atoms with Crippen LogP contribution in [0.1, 0.15) is 18.9 Å². The molecule has 0 bridgehead atoms. The number of nitrogens with one attached hydrogen (secondary N) is 1. The van der Waals surface area contributed by atoms with Crippen molar-refractivity contribution in [1.82, 2.24) is 4.90 Å². The SMILES string of the molecule is CCCc1ccc(NCC(=O)N2CCOCC2)cc1. The number of hydrogen-bond donors (Lipinski definition) is 1. The van der Waals surface area contributed by atoms with Gasteiger partial charge < -0.3 is 15.0 Å². The predicted molar refractivity (Wildman–Crippen MR) is 76.3 cm³/mol. The summed E-state index contributed by atoms with van der Waals surface area (Å²) in [6, 6.07) is 8.31. The molecular formula is C15H22N2O2. The van der Waals surface area contributed by atoms with Crippen molar-refractivity contribution in [2.75, 3.05) is 38.2 Å². The molecule has 4 heteroatoms. The lowest BCUT2D eigenvalue weighted by atomic mass is 10.1. The van der Waals surface area contributed by atoms with Gasteiger partial charge in [-0.25, -0.2) is 0 Å². The summed E-state index contributed by atoms with van der Waals surface area (Å²) in [6.07, 6.45) is 2.26. The van der Waals surface area contributed by atoms with Gasteiger partial charge in [0, 0.05) is 18.8 Å². The maximum atomic E-state index is 11.9. The number of carbonyl (C=O) groups is 1. The molecule has 1 amide bonds. The Labute approximate surface area is 114 Å². The van der Waals surface area contributed by atoms with Gasteiger partial charge in [0.15, 0.2) is 0 Å². The van der Waals surface area contributed by atoms with E-state index < -0.39 is 0 Å². The molecule has 0 saturated carbocycles. The predicted octanol–water partition coefficient (Wildman–Crippen LogP) is 1.91. The standard InChI is InChI=1S/C15H22N2O2/c1-2-3-13-4-6-14(7-5-13)16-12-15(18)17-8-10-19-11-9-17/h4-7,16H,2-3,8-12H2,1H3. The van der Waals surface area contributed by atoms with Crippen molar-refractivity contribution in [3.8, 4) is 0 Å². The Hall–Kier alpha value is -1.55. The van der Waals surface area contributed by atoms with Gasteiger partial charge in [0.05, 0.1) is 19.8 Å². The second-order valence-corrected chi connectivity index (χ2v) is 4.79. The number of amides is 1. The van der Waals surface area contributed by atoms with E-state index in [2.05, 4.69) is 24.4 Å². The van der Waals surface area contributed by atoms with Gasteiger partial charge in [-0.2, -0.15) is 0 Å². The lowest BCUT2D eigenvalue weighted by molar-refractivity contribution is -0.133. The molecule has 1 aromatic rings. The van der Waals surface area contributed by atoms with E-state index in [1.807, 2.05) is 17.0 Å². The van der Waals surface area contributed by atoms with Gasteiger partial charge in [-0.05, 0) is 24.1 Å².